The van der Waals surface area contributed by atoms with Crippen molar-refractivity contribution in [2.75, 3.05) is 18.5 Å². The van der Waals surface area contributed by atoms with Gasteiger partial charge in [0.15, 0.2) is 0 Å². The van der Waals surface area contributed by atoms with Crippen LogP contribution in [0.3, 0.4) is 0 Å². The topological polar surface area (TPSA) is 98.7 Å². The first-order valence-electron chi connectivity index (χ1n) is 8.84. The van der Waals surface area contributed by atoms with Gasteiger partial charge in [0.25, 0.3) is 17.7 Å². The molecule has 1 aliphatic heterocycles. The van der Waals surface area contributed by atoms with Gasteiger partial charge in [0.2, 0.25) is 5.60 Å². The third kappa shape index (κ3) is 4.23. The van der Waals surface area contributed by atoms with Crippen LogP contribution < -0.4 is 15.5 Å². The van der Waals surface area contributed by atoms with Gasteiger partial charge >= 0.3 is 0 Å². The van der Waals surface area contributed by atoms with Crippen LogP contribution in [0.1, 0.15) is 22.3 Å². The lowest BCUT2D eigenvalue weighted by atomic mass is 10.0. The summed E-state index contributed by atoms with van der Waals surface area (Å²) in [5.41, 5.74) is -1.11. The maximum absolute atomic E-state index is 13.4. The summed E-state index contributed by atoms with van der Waals surface area (Å²) >= 11 is 5.78. The Kier molecular flexibility index (Phi) is 5.86. The van der Waals surface area contributed by atoms with E-state index in [-0.39, 0.29) is 30.4 Å². The molecule has 0 aliphatic carbocycles. The first-order chi connectivity index (χ1) is 13.7. The zero-order valence-electron chi connectivity index (χ0n) is 15.5. The highest BCUT2D eigenvalue weighted by atomic mass is 35.5. The number of nitrogens with one attached hydrogen (secondary N) is 2. The molecule has 1 aliphatic rings. The fourth-order valence-electron chi connectivity index (χ4n) is 3.16. The summed E-state index contributed by atoms with van der Waals surface area (Å²) in [7, 11) is 1.49. The Balaban J connectivity index is 1.73. The lowest BCUT2D eigenvalue weighted by Gasteiger charge is -2.22. The molecule has 3 rings (SSSR count). The predicted octanol–water partition coefficient (Wildman–Crippen LogP) is 1.62. The Morgan fingerprint density at radius 1 is 1.28 bits per heavy atom. The maximum atomic E-state index is 13.4. The molecule has 0 unspecified atom stereocenters. The molecule has 3 amide bonds. The predicted molar refractivity (Wildman–Crippen MR) is 105 cm³/mol. The average Bonchev–Trinajstić information content (AvgIpc) is 3.01. The van der Waals surface area contributed by atoms with Gasteiger partial charge in [0.1, 0.15) is 5.82 Å². The van der Waals surface area contributed by atoms with E-state index in [2.05, 4.69) is 10.6 Å². The van der Waals surface area contributed by atoms with Gasteiger partial charge in [-0.2, -0.15) is 0 Å². The molecular weight excluding hydrogens is 401 g/mol. The second kappa shape index (κ2) is 8.18. The molecule has 1 atom stereocenters. The van der Waals surface area contributed by atoms with Crippen molar-refractivity contribution in [3.8, 4) is 0 Å². The summed E-state index contributed by atoms with van der Waals surface area (Å²) in [4.78, 5) is 38.3. The van der Waals surface area contributed by atoms with E-state index in [1.807, 2.05) is 0 Å². The average molecular weight is 420 g/mol. The number of carbonyl (C=O) groups is 3. The van der Waals surface area contributed by atoms with Crippen molar-refractivity contribution in [1.29, 1.82) is 0 Å². The standard InChI is InChI=1S/C20H19ClFN3O4/c1-23-17(26)13-3-2-4-16(9-13)25-6-5-20(29,19(25)28)18(27)24-11-12-7-14(21)10-15(22)8-12/h2-4,7-10,29H,5-6,11H2,1H3,(H,23,26)(H,24,27)/t20-/m1/s1. The SMILES string of the molecule is CNC(=O)c1cccc(N2CC[C@@](O)(C(=O)NCc3cc(F)cc(Cl)c3)C2=O)c1. The minimum atomic E-state index is -2.25. The van der Waals surface area contributed by atoms with Crippen molar-refractivity contribution in [2.24, 2.45) is 0 Å². The molecule has 29 heavy (non-hydrogen) atoms. The van der Waals surface area contributed by atoms with Gasteiger partial charge in [-0.05, 0) is 42.0 Å². The molecule has 2 aromatic rings. The van der Waals surface area contributed by atoms with E-state index < -0.39 is 23.2 Å². The lowest BCUT2D eigenvalue weighted by Crippen LogP contribution is -2.52. The van der Waals surface area contributed by atoms with E-state index in [1.165, 1.54) is 30.1 Å². The van der Waals surface area contributed by atoms with Crippen molar-refractivity contribution in [2.45, 2.75) is 18.6 Å². The Morgan fingerprint density at radius 3 is 2.72 bits per heavy atom. The highest BCUT2D eigenvalue weighted by Crippen LogP contribution is 2.29. The number of carbonyl (C=O) groups excluding carboxylic acids is 3. The molecular formula is C20H19ClFN3O4. The zero-order chi connectivity index (χ0) is 21.2. The van der Waals surface area contributed by atoms with Crippen LogP contribution in [-0.2, 0) is 16.1 Å². The first kappa shape index (κ1) is 20.8. The summed E-state index contributed by atoms with van der Waals surface area (Å²) < 4.78 is 13.4. The summed E-state index contributed by atoms with van der Waals surface area (Å²) in [5.74, 6) is -2.55. The lowest BCUT2D eigenvalue weighted by molar-refractivity contribution is -0.149. The first-order valence-corrected chi connectivity index (χ1v) is 9.22. The number of benzene rings is 2. The van der Waals surface area contributed by atoms with Gasteiger partial charge in [-0.15, -0.1) is 0 Å². The minimum absolute atomic E-state index is 0.0991. The molecule has 0 saturated carbocycles. The van der Waals surface area contributed by atoms with E-state index in [0.717, 1.165) is 6.07 Å². The van der Waals surface area contributed by atoms with E-state index in [0.29, 0.717) is 16.8 Å². The van der Waals surface area contributed by atoms with Crippen LogP contribution in [0, 0.1) is 5.82 Å². The molecule has 0 bridgehead atoms. The molecule has 0 radical (unpaired) electrons. The van der Waals surface area contributed by atoms with Gasteiger partial charge in [-0.1, -0.05) is 17.7 Å². The van der Waals surface area contributed by atoms with Crippen LogP contribution in [0.5, 0.6) is 0 Å². The third-order valence-electron chi connectivity index (χ3n) is 4.69. The van der Waals surface area contributed by atoms with Gasteiger partial charge in [0, 0.05) is 42.8 Å². The van der Waals surface area contributed by atoms with Crippen LogP contribution in [-0.4, -0.2) is 42.0 Å². The molecule has 1 fully saturated rings. The van der Waals surface area contributed by atoms with E-state index in [9.17, 15) is 23.9 Å². The van der Waals surface area contributed by atoms with E-state index in [4.69, 9.17) is 11.6 Å². The van der Waals surface area contributed by atoms with Gasteiger partial charge in [-0.25, -0.2) is 4.39 Å². The summed E-state index contributed by atoms with van der Waals surface area (Å²) in [5, 5.41) is 15.8. The van der Waals surface area contributed by atoms with Crippen molar-refractivity contribution < 1.29 is 23.9 Å². The van der Waals surface area contributed by atoms with Crippen molar-refractivity contribution in [1.82, 2.24) is 10.6 Å². The summed E-state index contributed by atoms with van der Waals surface area (Å²) in [6.45, 7) is 0.00377. The van der Waals surface area contributed by atoms with Crippen LogP contribution >= 0.6 is 11.6 Å². The summed E-state index contributed by atoms with van der Waals surface area (Å²) in [6, 6.07) is 10.1. The Hall–Kier alpha value is -2.97. The van der Waals surface area contributed by atoms with Gasteiger partial charge < -0.3 is 20.6 Å². The second-order valence-corrected chi connectivity index (χ2v) is 7.09. The largest absolute Gasteiger partial charge is 0.372 e. The van der Waals surface area contributed by atoms with Crippen LogP contribution in [0.15, 0.2) is 42.5 Å². The van der Waals surface area contributed by atoms with E-state index >= 15 is 0 Å². The molecule has 7 nitrogen and oxygen atoms in total. The highest BCUT2D eigenvalue weighted by molar-refractivity contribution is 6.30. The number of anilines is 1. The quantitative estimate of drug-likeness (QED) is 0.641. The molecule has 2 aromatic carbocycles. The van der Waals surface area contributed by atoms with Crippen LogP contribution in [0.4, 0.5) is 10.1 Å². The number of aliphatic hydroxyl groups is 1. The van der Waals surface area contributed by atoms with Crippen molar-refractivity contribution in [3.63, 3.8) is 0 Å². The Bertz CT molecular complexity index is 964. The molecule has 9 heteroatoms. The number of hydrogen-bond acceptors (Lipinski definition) is 4. The minimum Gasteiger partial charge on any atom is -0.372 e. The molecule has 152 valence electrons. The highest BCUT2D eigenvalue weighted by Gasteiger charge is 2.51. The zero-order valence-corrected chi connectivity index (χ0v) is 16.3. The number of nitrogens with zero attached hydrogens (tertiary/aromatic N) is 1. The summed E-state index contributed by atoms with van der Waals surface area (Å²) in [6.07, 6.45) is -0.119. The van der Waals surface area contributed by atoms with Crippen LogP contribution in [0.25, 0.3) is 0 Å². The smallest absolute Gasteiger partial charge is 0.268 e. The normalized spacial score (nSPS) is 18.6. The monoisotopic (exact) mass is 419 g/mol. The number of halogens is 2. The fraction of sp³-hybridized carbons (Fsp3) is 0.250. The maximum Gasteiger partial charge on any atom is 0.268 e. The molecule has 1 saturated heterocycles. The number of amides is 3. The van der Waals surface area contributed by atoms with E-state index in [1.54, 1.807) is 18.2 Å². The van der Waals surface area contributed by atoms with Crippen molar-refractivity contribution >= 4 is 35.0 Å². The second-order valence-electron chi connectivity index (χ2n) is 6.66. The number of hydrogen-bond donors (Lipinski definition) is 3. The van der Waals surface area contributed by atoms with Gasteiger partial charge in [0.05, 0.1) is 0 Å². The molecule has 3 N–H and O–H groups in total. The van der Waals surface area contributed by atoms with Crippen LogP contribution in [0.2, 0.25) is 5.02 Å². The van der Waals surface area contributed by atoms with Gasteiger partial charge in [-0.3, -0.25) is 14.4 Å². The van der Waals surface area contributed by atoms with Crippen molar-refractivity contribution in [3.05, 3.63) is 64.4 Å². The number of rotatable bonds is 5. The molecule has 0 aromatic heterocycles. The third-order valence-corrected chi connectivity index (χ3v) is 4.91. The Morgan fingerprint density at radius 2 is 2.03 bits per heavy atom. The Labute approximate surface area is 171 Å². The molecule has 1 heterocycles. The molecule has 0 spiro atoms. The fourth-order valence-corrected chi connectivity index (χ4v) is 3.41.